The van der Waals surface area contributed by atoms with Crippen molar-refractivity contribution in [3.63, 3.8) is 0 Å². The van der Waals surface area contributed by atoms with Gasteiger partial charge in [-0.3, -0.25) is 9.59 Å². The zero-order valence-electron chi connectivity index (χ0n) is 13.4. The quantitative estimate of drug-likeness (QED) is 0.638. The molecule has 8 nitrogen and oxygen atoms in total. The zero-order valence-corrected chi connectivity index (χ0v) is 13.4. The lowest BCUT2D eigenvalue weighted by Crippen LogP contribution is -2.29. The topological polar surface area (TPSA) is 110 Å². The summed E-state index contributed by atoms with van der Waals surface area (Å²) >= 11 is 0. The maximum Gasteiger partial charge on any atom is 0.303 e. The highest BCUT2D eigenvalue weighted by Crippen LogP contribution is 2.11. The van der Waals surface area contributed by atoms with Crippen molar-refractivity contribution in [2.75, 3.05) is 6.54 Å². The van der Waals surface area contributed by atoms with E-state index in [0.29, 0.717) is 18.8 Å². The smallest absolute Gasteiger partial charge is 0.303 e. The van der Waals surface area contributed by atoms with Crippen LogP contribution in [0.15, 0.2) is 30.3 Å². The summed E-state index contributed by atoms with van der Waals surface area (Å²) in [6.45, 7) is 0.588. The highest BCUT2D eigenvalue weighted by molar-refractivity contribution is 5.75. The van der Waals surface area contributed by atoms with Crippen molar-refractivity contribution in [3.8, 4) is 11.4 Å². The lowest BCUT2D eigenvalue weighted by atomic mass is 10.1. The number of benzene rings is 1. The van der Waals surface area contributed by atoms with Crippen LogP contribution in [0.3, 0.4) is 0 Å². The molecule has 1 heterocycles. The maximum absolute atomic E-state index is 11.8. The van der Waals surface area contributed by atoms with Gasteiger partial charge in [0.15, 0.2) is 0 Å². The third-order valence-electron chi connectivity index (χ3n) is 3.41. The molecule has 1 aromatic heterocycles. The molecule has 0 saturated heterocycles. The molecule has 128 valence electrons. The molecular formula is C16H21N5O3. The van der Waals surface area contributed by atoms with Gasteiger partial charge in [0.2, 0.25) is 11.7 Å². The van der Waals surface area contributed by atoms with Crippen molar-refractivity contribution in [1.82, 2.24) is 25.5 Å². The van der Waals surface area contributed by atoms with Gasteiger partial charge < -0.3 is 10.4 Å². The van der Waals surface area contributed by atoms with Crippen LogP contribution >= 0.6 is 0 Å². The monoisotopic (exact) mass is 331 g/mol. The van der Waals surface area contributed by atoms with E-state index in [9.17, 15) is 9.59 Å². The van der Waals surface area contributed by atoms with Gasteiger partial charge in [-0.2, -0.15) is 4.80 Å². The number of carbonyl (C=O) groups is 2. The van der Waals surface area contributed by atoms with E-state index in [0.717, 1.165) is 24.8 Å². The number of amides is 1. The second kappa shape index (κ2) is 9.39. The molecule has 0 aliphatic carbocycles. The van der Waals surface area contributed by atoms with Crippen molar-refractivity contribution in [1.29, 1.82) is 0 Å². The molecule has 2 rings (SSSR count). The fourth-order valence-electron chi connectivity index (χ4n) is 2.18. The molecule has 0 aliphatic rings. The Bertz CT molecular complexity index is 657. The maximum atomic E-state index is 11.8. The third kappa shape index (κ3) is 6.15. The highest BCUT2D eigenvalue weighted by atomic mass is 16.4. The number of nitrogens with one attached hydrogen (secondary N) is 1. The normalized spacial score (nSPS) is 10.5. The van der Waals surface area contributed by atoms with Crippen LogP contribution < -0.4 is 5.32 Å². The molecule has 0 spiro atoms. The Hall–Kier alpha value is -2.77. The van der Waals surface area contributed by atoms with Crippen molar-refractivity contribution in [2.24, 2.45) is 0 Å². The third-order valence-corrected chi connectivity index (χ3v) is 3.41. The number of aliphatic carboxylic acids is 1. The van der Waals surface area contributed by atoms with Gasteiger partial charge in [-0.1, -0.05) is 43.2 Å². The minimum Gasteiger partial charge on any atom is -0.481 e. The highest BCUT2D eigenvalue weighted by Gasteiger charge is 2.08. The number of aromatic nitrogens is 4. The number of carbonyl (C=O) groups excluding carboxylic acids is 1. The summed E-state index contributed by atoms with van der Waals surface area (Å²) in [5.41, 5.74) is 0.852. The summed E-state index contributed by atoms with van der Waals surface area (Å²) in [5, 5.41) is 23.3. The van der Waals surface area contributed by atoms with Gasteiger partial charge in [0.25, 0.3) is 0 Å². The number of hydrogen-bond acceptors (Lipinski definition) is 5. The summed E-state index contributed by atoms with van der Waals surface area (Å²) in [5.74, 6) is -0.446. The van der Waals surface area contributed by atoms with Crippen molar-refractivity contribution in [2.45, 2.75) is 38.6 Å². The first-order valence-corrected chi connectivity index (χ1v) is 7.97. The van der Waals surface area contributed by atoms with Crippen LogP contribution in [0.4, 0.5) is 0 Å². The molecule has 8 heteroatoms. The van der Waals surface area contributed by atoms with Gasteiger partial charge in [-0.05, 0) is 18.1 Å². The molecule has 1 amide bonds. The molecule has 24 heavy (non-hydrogen) atoms. The second-order valence-corrected chi connectivity index (χ2v) is 5.42. The lowest BCUT2D eigenvalue weighted by Gasteiger charge is -2.04. The molecule has 0 aliphatic heterocycles. The van der Waals surface area contributed by atoms with E-state index in [1.54, 1.807) is 0 Å². The van der Waals surface area contributed by atoms with E-state index >= 15 is 0 Å². The summed E-state index contributed by atoms with van der Waals surface area (Å²) in [6.07, 6.45) is 3.45. The molecule has 2 N–H and O–H groups in total. The largest absolute Gasteiger partial charge is 0.481 e. The van der Waals surface area contributed by atoms with Gasteiger partial charge in [0.05, 0.1) is 0 Å². The van der Waals surface area contributed by atoms with Crippen molar-refractivity contribution >= 4 is 11.9 Å². The van der Waals surface area contributed by atoms with E-state index in [-0.39, 0.29) is 18.9 Å². The molecule has 0 fully saturated rings. The van der Waals surface area contributed by atoms with Crippen molar-refractivity contribution < 1.29 is 14.7 Å². The first kappa shape index (κ1) is 17.6. The molecule has 0 radical (unpaired) electrons. The van der Waals surface area contributed by atoms with Gasteiger partial charge >= 0.3 is 5.97 Å². The first-order chi connectivity index (χ1) is 11.6. The SMILES string of the molecule is O=C(O)CCCCCCNC(=O)Cn1nnc(-c2ccccc2)n1. The van der Waals surface area contributed by atoms with E-state index in [1.165, 1.54) is 4.80 Å². The zero-order chi connectivity index (χ0) is 17.2. The number of carboxylic acid groups (broad SMARTS) is 1. The number of carboxylic acids is 1. The summed E-state index contributed by atoms with van der Waals surface area (Å²) < 4.78 is 0. The Labute approximate surface area is 139 Å². The van der Waals surface area contributed by atoms with E-state index in [4.69, 9.17) is 5.11 Å². The minimum atomic E-state index is -0.765. The summed E-state index contributed by atoms with van der Waals surface area (Å²) in [7, 11) is 0. The Morgan fingerprint density at radius 3 is 2.58 bits per heavy atom. The number of rotatable bonds is 10. The predicted molar refractivity (Wildman–Crippen MR) is 87.0 cm³/mol. The van der Waals surface area contributed by atoms with Gasteiger partial charge in [-0.25, -0.2) is 0 Å². The first-order valence-electron chi connectivity index (χ1n) is 7.97. The number of hydrogen-bond donors (Lipinski definition) is 2. The van der Waals surface area contributed by atoms with Gasteiger partial charge in [0, 0.05) is 18.5 Å². The Kier molecular flexibility index (Phi) is 6.88. The lowest BCUT2D eigenvalue weighted by molar-refractivity contribution is -0.137. The molecule has 0 atom stereocenters. The summed E-state index contributed by atoms with van der Waals surface area (Å²) in [4.78, 5) is 23.5. The standard InChI is InChI=1S/C16H21N5O3/c22-14(17-11-7-2-1-6-10-15(23)24)12-21-19-16(18-20-21)13-8-4-3-5-9-13/h3-5,8-9H,1-2,6-7,10-12H2,(H,17,22)(H,23,24). The van der Waals surface area contributed by atoms with Gasteiger partial charge in [0.1, 0.15) is 6.54 Å². The van der Waals surface area contributed by atoms with Crippen LogP contribution in [0.25, 0.3) is 11.4 Å². The number of nitrogens with zero attached hydrogens (tertiary/aromatic N) is 4. The Morgan fingerprint density at radius 2 is 1.83 bits per heavy atom. The Morgan fingerprint density at radius 1 is 1.08 bits per heavy atom. The van der Waals surface area contributed by atoms with Crippen LogP contribution in [0.2, 0.25) is 0 Å². The number of unbranched alkanes of at least 4 members (excludes halogenated alkanes) is 3. The number of tetrazole rings is 1. The molecule has 0 saturated carbocycles. The van der Waals surface area contributed by atoms with Crippen LogP contribution in [-0.2, 0) is 16.1 Å². The predicted octanol–water partition coefficient (Wildman–Crippen LogP) is 1.49. The fourth-order valence-corrected chi connectivity index (χ4v) is 2.18. The fraction of sp³-hybridized carbons (Fsp3) is 0.438. The van der Waals surface area contributed by atoms with E-state index in [2.05, 4.69) is 20.7 Å². The second-order valence-electron chi connectivity index (χ2n) is 5.42. The molecular weight excluding hydrogens is 310 g/mol. The van der Waals surface area contributed by atoms with Crippen molar-refractivity contribution in [3.05, 3.63) is 30.3 Å². The van der Waals surface area contributed by atoms with Crippen LogP contribution in [0, 0.1) is 0 Å². The van der Waals surface area contributed by atoms with Gasteiger partial charge in [-0.15, -0.1) is 10.2 Å². The molecule has 0 unspecified atom stereocenters. The van der Waals surface area contributed by atoms with Crippen LogP contribution in [0.1, 0.15) is 32.1 Å². The van der Waals surface area contributed by atoms with E-state index in [1.807, 2.05) is 30.3 Å². The molecule has 0 bridgehead atoms. The Balaban J connectivity index is 1.64. The van der Waals surface area contributed by atoms with E-state index < -0.39 is 5.97 Å². The molecule has 2 aromatic rings. The molecule has 1 aromatic carbocycles. The average Bonchev–Trinajstić information content (AvgIpc) is 3.03. The average molecular weight is 331 g/mol. The summed E-state index contributed by atoms with van der Waals surface area (Å²) in [6, 6.07) is 9.44. The minimum absolute atomic E-state index is 0.0266. The van der Waals surface area contributed by atoms with Crippen LogP contribution in [-0.4, -0.2) is 43.7 Å². The van der Waals surface area contributed by atoms with Crippen LogP contribution in [0.5, 0.6) is 0 Å².